The van der Waals surface area contributed by atoms with Gasteiger partial charge in [0.05, 0.1) is 6.07 Å². The van der Waals surface area contributed by atoms with Gasteiger partial charge in [0, 0.05) is 18.5 Å². The van der Waals surface area contributed by atoms with E-state index in [1.165, 1.54) is 5.01 Å². The third-order valence-corrected chi connectivity index (χ3v) is 2.55. The topological polar surface area (TPSA) is 67.6 Å². The van der Waals surface area contributed by atoms with Gasteiger partial charge in [-0.2, -0.15) is 5.26 Å². The van der Waals surface area contributed by atoms with E-state index in [9.17, 15) is 9.90 Å². The van der Waals surface area contributed by atoms with E-state index in [1.807, 2.05) is 31.8 Å². The average molecular weight is 211 g/mol. The second-order valence-electron chi connectivity index (χ2n) is 4.11. The van der Waals surface area contributed by atoms with Gasteiger partial charge >= 0.3 is 0 Å². The molecule has 5 heteroatoms. The van der Waals surface area contributed by atoms with E-state index in [0.717, 1.165) is 0 Å². The van der Waals surface area contributed by atoms with Crippen LogP contribution in [0.1, 0.15) is 33.6 Å². The first kappa shape index (κ1) is 12.0. The fourth-order valence-corrected chi connectivity index (χ4v) is 2.08. The molecule has 2 atom stereocenters. The Kier molecular flexibility index (Phi) is 3.66. The van der Waals surface area contributed by atoms with E-state index in [2.05, 4.69) is 0 Å². The highest BCUT2D eigenvalue weighted by Crippen LogP contribution is 2.26. The molecule has 1 saturated heterocycles. The Morgan fingerprint density at radius 1 is 1.67 bits per heavy atom. The molecule has 1 rings (SSSR count). The van der Waals surface area contributed by atoms with E-state index >= 15 is 0 Å². The lowest BCUT2D eigenvalue weighted by atomic mass is 10.2. The first-order valence-electron chi connectivity index (χ1n) is 5.14. The van der Waals surface area contributed by atoms with Crippen molar-refractivity contribution in [2.45, 2.75) is 51.9 Å². The Balaban J connectivity index is 2.84. The Bertz CT molecular complexity index is 285. The van der Waals surface area contributed by atoms with Gasteiger partial charge in [0.2, 0.25) is 0 Å². The predicted molar refractivity (Wildman–Crippen MR) is 54.1 cm³/mol. The minimum Gasteiger partial charge on any atom is -0.372 e. The number of nitriles is 1. The van der Waals surface area contributed by atoms with Crippen LogP contribution in [0.5, 0.6) is 0 Å². The number of carbonyl (C=O) groups is 1. The lowest BCUT2D eigenvalue weighted by Gasteiger charge is -2.34. The summed E-state index contributed by atoms with van der Waals surface area (Å²) in [7, 11) is 0. The summed E-state index contributed by atoms with van der Waals surface area (Å²) in [4.78, 5) is 11.6. The molecule has 1 aliphatic heterocycles. The quantitative estimate of drug-likeness (QED) is 0.720. The molecule has 5 nitrogen and oxygen atoms in total. The second kappa shape index (κ2) is 4.60. The van der Waals surface area contributed by atoms with Crippen molar-refractivity contribution < 1.29 is 9.90 Å². The summed E-state index contributed by atoms with van der Waals surface area (Å²) in [6.45, 7) is 5.88. The molecule has 0 aromatic heterocycles. The fourth-order valence-electron chi connectivity index (χ4n) is 2.08. The molecular weight excluding hydrogens is 194 g/mol. The van der Waals surface area contributed by atoms with Crippen LogP contribution < -0.4 is 0 Å². The largest absolute Gasteiger partial charge is 0.372 e. The second-order valence-corrected chi connectivity index (χ2v) is 4.11. The number of hydrazine groups is 1. The van der Waals surface area contributed by atoms with Crippen molar-refractivity contribution in [1.29, 1.82) is 5.26 Å². The lowest BCUT2D eigenvalue weighted by molar-refractivity contribution is -0.165. The number of carbonyl (C=O) groups excluding carboxylic acids is 1. The van der Waals surface area contributed by atoms with Gasteiger partial charge in [-0.25, -0.2) is 10.0 Å². The Morgan fingerprint density at radius 2 is 2.27 bits per heavy atom. The first-order chi connectivity index (χ1) is 6.99. The molecule has 0 aliphatic carbocycles. The van der Waals surface area contributed by atoms with Gasteiger partial charge in [-0.15, -0.1) is 0 Å². The lowest BCUT2D eigenvalue weighted by Crippen LogP contribution is -2.50. The van der Waals surface area contributed by atoms with Crippen LogP contribution in [0.2, 0.25) is 0 Å². The minimum absolute atomic E-state index is 0.127. The molecule has 0 saturated carbocycles. The predicted octanol–water partition coefficient (Wildman–Crippen LogP) is 0.465. The van der Waals surface area contributed by atoms with Crippen LogP contribution in [0.4, 0.5) is 0 Å². The molecule has 1 aliphatic rings. The molecular formula is C10H17N3O2. The number of aliphatic hydroxyl groups is 1. The molecule has 1 amide bonds. The molecule has 0 aromatic carbocycles. The zero-order valence-corrected chi connectivity index (χ0v) is 9.34. The summed E-state index contributed by atoms with van der Waals surface area (Å²) in [5.74, 6) is -0.331. The zero-order valence-electron chi connectivity index (χ0n) is 9.34. The van der Waals surface area contributed by atoms with Gasteiger partial charge in [0.25, 0.3) is 5.91 Å². The van der Waals surface area contributed by atoms with Crippen molar-refractivity contribution >= 4 is 5.91 Å². The van der Waals surface area contributed by atoms with Crippen LogP contribution in [0.25, 0.3) is 0 Å². The molecule has 0 spiro atoms. The fraction of sp³-hybridized carbons (Fsp3) is 0.800. The smallest absolute Gasteiger partial charge is 0.253 e. The molecule has 0 radical (unpaired) electrons. The number of rotatable bonds is 2. The normalized spacial score (nSPS) is 27.1. The standard InChI is InChI=1S/C10H17N3O2/c1-7(2)12-8(3)6-10(15)13(12)9(14)4-5-11/h7-8,10,15H,4,6H2,1-3H3/t8-,10-/m0/s1. The summed E-state index contributed by atoms with van der Waals surface area (Å²) < 4.78 is 0. The summed E-state index contributed by atoms with van der Waals surface area (Å²) in [5.41, 5.74) is 0. The van der Waals surface area contributed by atoms with Crippen LogP contribution in [-0.2, 0) is 4.79 Å². The van der Waals surface area contributed by atoms with Crippen molar-refractivity contribution in [1.82, 2.24) is 10.0 Å². The summed E-state index contributed by atoms with van der Waals surface area (Å²) in [6.07, 6.45) is -0.439. The van der Waals surface area contributed by atoms with Crippen LogP contribution in [0.15, 0.2) is 0 Å². The zero-order chi connectivity index (χ0) is 11.6. The number of aliphatic hydroxyl groups excluding tert-OH is 1. The van der Waals surface area contributed by atoms with E-state index in [-0.39, 0.29) is 24.4 Å². The number of hydrogen-bond donors (Lipinski definition) is 1. The van der Waals surface area contributed by atoms with Crippen LogP contribution >= 0.6 is 0 Å². The van der Waals surface area contributed by atoms with Crippen molar-refractivity contribution in [3.8, 4) is 6.07 Å². The third-order valence-electron chi connectivity index (χ3n) is 2.55. The minimum atomic E-state index is -0.789. The molecule has 1 heterocycles. The van der Waals surface area contributed by atoms with Crippen molar-refractivity contribution in [3.05, 3.63) is 0 Å². The van der Waals surface area contributed by atoms with Crippen LogP contribution in [-0.4, -0.2) is 39.3 Å². The summed E-state index contributed by atoms with van der Waals surface area (Å²) in [5, 5.41) is 21.4. The van der Waals surface area contributed by atoms with Gasteiger partial charge in [-0.1, -0.05) is 0 Å². The molecule has 1 fully saturated rings. The Labute approximate surface area is 89.9 Å². The number of hydrogen-bond acceptors (Lipinski definition) is 4. The SMILES string of the molecule is CC(C)N1[C@@H](C)C[C@H](O)N1C(=O)CC#N. The van der Waals surface area contributed by atoms with E-state index < -0.39 is 6.23 Å². The maximum absolute atomic E-state index is 11.6. The summed E-state index contributed by atoms with van der Waals surface area (Å²) in [6, 6.07) is 2.08. The van der Waals surface area contributed by atoms with Gasteiger partial charge in [0.1, 0.15) is 12.6 Å². The van der Waals surface area contributed by atoms with Gasteiger partial charge < -0.3 is 5.11 Å². The average Bonchev–Trinajstić information content (AvgIpc) is 2.41. The maximum Gasteiger partial charge on any atom is 0.253 e. The molecule has 84 valence electrons. The highest BCUT2D eigenvalue weighted by Gasteiger charge is 2.40. The molecule has 1 N–H and O–H groups in total. The van der Waals surface area contributed by atoms with Crippen molar-refractivity contribution in [2.24, 2.45) is 0 Å². The van der Waals surface area contributed by atoms with Crippen LogP contribution in [0.3, 0.4) is 0 Å². The van der Waals surface area contributed by atoms with E-state index in [0.29, 0.717) is 6.42 Å². The number of amides is 1. The molecule has 0 unspecified atom stereocenters. The highest BCUT2D eigenvalue weighted by molar-refractivity contribution is 5.78. The van der Waals surface area contributed by atoms with Crippen molar-refractivity contribution in [2.75, 3.05) is 0 Å². The monoisotopic (exact) mass is 211 g/mol. The Hall–Kier alpha value is -1.12. The summed E-state index contributed by atoms with van der Waals surface area (Å²) >= 11 is 0. The van der Waals surface area contributed by atoms with E-state index in [4.69, 9.17) is 5.26 Å². The van der Waals surface area contributed by atoms with Crippen molar-refractivity contribution in [3.63, 3.8) is 0 Å². The number of nitrogens with zero attached hydrogens (tertiary/aromatic N) is 3. The highest BCUT2D eigenvalue weighted by atomic mass is 16.3. The molecule has 15 heavy (non-hydrogen) atoms. The Morgan fingerprint density at radius 3 is 2.73 bits per heavy atom. The molecule has 0 aromatic rings. The van der Waals surface area contributed by atoms with Gasteiger partial charge in [-0.3, -0.25) is 4.79 Å². The van der Waals surface area contributed by atoms with Gasteiger partial charge in [-0.05, 0) is 20.8 Å². The third kappa shape index (κ3) is 2.28. The molecule has 0 bridgehead atoms. The first-order valence-corrected chi connectivity index (χ1v) is 5.14. The van der Waals surface area contributed by atoms with E-state index in [1.54, 1.807) is 0 Å². The maximum atomic E-state index is 11.6. The van der Waals surface area contributed by atoms with Gasteiger partial charge in [0.15, 0.2) is 0 Å². The van der Waals surface area contributed by atoms with Crippen LogP contribution in [0, 0.1) is 11.3 Å².